The lowest BCUT2D eigenvalue weighted by Crippen LogP contribution is -2.35. The van der Waals surface area contributed by atoms with Gasteiger partial charge in [-0.15, -0.1) is 0 Å². The number of benzene rings is 2. The Kier molecular flexibility index (Phi) is 6.35. The van der Waals surface area contributed by atoms with E-state index in [1.54, 1.807) is 25.1 Å². The molecular formula is C22H25F2N5O3S. The van der Waals surface area contributed by atoms with Crippen molar-refractivity contribution in [2.75, 3.05) is 37.4 Å². The molecule has 0 unspecified atom stereocenters. The first-order chi connectivity index (χ1) is 15.7. The van der Waals surface area contributed by atoms with Crippen LogP contribution in [0.3, 0.4) is 0 Å². The van der Waals surface area contributed by atoms with E-state index in [-0.39, 0.29) is 10.5 Å². The maximum absolute atomic E-state index is 13.1. The number of nitrogens with one attached hydrogen (secondary N) is 2. The SMILES string of the molecule is CN(C)c1ccc(S(=O)(=O)N2CCCCC2)cc1NC(=O)c1ccc2nc(C(F)F)[nH]c2c1. The van der Waals surface area contributed by atoms with Crippen LogP contribution in [0.4, 0.5) is 20.2 Å². The van der Waals surface area contributed by atoms with Gasteiger partial charge in [-0.25, -0.2) is 22.2 Å². The molecule has 1 amide bonds. The van der Waals surface area contributed by atoms with E-state index < -0.39 is 28.2 Å². The number of hydrogen-bond donors (Lipinski definition) is 2. The highest BCUT2D eigenvalue weighted by molar-refractivity contribution is 7.89. The number of sulfonamides is 1. The molecule has 0 saturated carbocycles. The number of amides is 1. The number of rotatable bonds is 6. The smallest absolute Gasteiger partial charge is 0.295 e. The molecule has 2 aromatic carbocycles. The highest BCUT2D eigenvalue weighted by Crippen LogP contribution is 2.31. The molecule has 11 heteroatoms. The molecule has 0 radical (unpaired) electrons. The Hall–Kier alpha value is -3.05. The van der Waals surface area contributed by atoms with Crippen LogP contribution < -0.4 is 10.2 Å². The molecule has 0 aliphatic carbocycles. The molecule has 1 aromatic heterocycles. The van der Waals surface area contributed by atoms with Gasteiger partial charge in [-0.05, 0) is 49.2 Å². The third-order valence-electron chi connectivity index (χ3n) is 5.62. The molecule has 8 nitrogen and oxygen atoms in total. The van der Waals surface area contributed by atoms with E-state index in [0.29, 0.717) is 35.5 Å². The van der Waals surface area contributed by atoms with Gasteiger partial charge in [-0.1, -0.05) is 6.42 Å². The van der Waals surface area contributed by atoms with Crippen LogP contribution in [0.2, 0.25) is 0 Å². The zero-order valence-corrected chi connectivity index (χ0v) is 19.1. The summed E-state index contributed by atoms with van der Waals surface area (Å²) >= 11 is 0. The number of hydrogen-bond acceptors (Lipinski definition) is 5. The van der Waals surface area contributed by atoms with E-state index >= 15 is 0 Å². The topological polar surface area (TPSA) is 98.4 Å². The van der Waals surface area contributed by atoms with Crippen LogP contribution in [-0.2, 0) is 10.0 Å². The molecule has 1 fully saturated rings. The van der Waals surface area contributed by atoms with Crippen molar-refractivity contribution in [2.24, 2.45) is 0 Å². The van der Waals surface area contributed by atoms with Crippen molar-refractivity contribution >= 4 is 38.3 Å². The van der Waals surface area contributed by atoms with Crippen molar-refractivity contribution in [1.29, 1.82) is 0 Å². The second-order valence-electron chi connectivity index (χ2n) is 8.15. The monoisotopic (exact) mass is 477 g/mol. The molecule has 176 valence electrons. The zero-order valence-electron chi connectivity index (χ0n) is 18.3. The number of nitrogens with zero attached hydrogens (tertiary/aromatic N) is 3. The summed E-state index contributed by atoms with van der Waals surface area (Å²) in [6.07, 6.45) is -0.0991. The minimum Gasteiger partial charge on any atom is -0.376 e. The third kappa shape index (κ3) is 4.69. The van der Waals surface area contributed by atoms with Gasteiger partial charge in [0.25, 0.3) is 12.3 Å². The first-order valence-corrected chi connectivity index (χ1v) is 12.0. The molecule has 1 aliphatic heterocycles. The molecular weight excluding hydrogens is 452 g/mol. The van der Waals surface area contributed by atoms with E-state index in [9.17, 15) is 22.0 Å². The lowest BCUT2D eigenvalue weighted by Gasteiger charge is -2.26. The summed E-state index contributed by atoms with van der Waals surface area (Å²) in [5.41, 5.74) is 1.82. The van der Waals surface area contributed by atoms with Gasteiger partial charge in [-0.2, -0.15) is 4.31 Å². The minimum atomic E-state index is -3.68. The average Bonchev–Trinajstić information content (AvgIpc) is 3.23. The molecule has 2 N–H and O–H groups in total. The predicted octanol–water partition coefficient (Wildman–Crippen LogP) is 3.99. The fraction of sp³-hybridized carbons (Fsp3) is 0.364. The van der Waals surface area contributed by atoms with Crippen molar-refractivity contribution in [3.05, 3.63) is 47.8 Å². The number of H-pyrrole nitrogens is 1. The van der Waals surface area contributed by atoms with Crippen molar-refractivity contribution in [3.63, 3.8) is 0 Å². The molecule has 0 bridgehead atoms. The van der Waals surface area contributed by atoms with Crippen LogP contribution in [0.25, 0.3) is 11.0 Å². The standard InChI is InChI=1S/C22H25F2N5O3S/c1-28(2)19-9-7-15(33(31,32)29-10-4-3-5-11-29)13-18(19)27-22(30)14-6-8-16-17(12-14)26-21(25-16)20(23)24/h6-9,12-13,20H,3-5,10-11H2,1-2H3,(H,25,26)(H,27,30). The lowest BCUT2D eigenvalue weighted by molar-refractivity contribution is 0.102. The molecule has 1 saturated heterocycles. The van der Waals surface area contributed by atoms with Crippen molar-refractivity contribution in [1.82, 2.24) is 14.3 Å². The predicted molar refractivity (Wildman–Crippen MR) is 122 cm³/mol. The van der Waals surface area contributed by atoms with Crippen molar-refractivity contribution < 1.29 is 22.0 Å². The average molecular weight is 478 g/mol. The fourth-order valence-corrected chi connectivity index (χ4v) is 5.43. The highest BCUT2D eigenvalue weighted by Gasteiger charge is 2.27. The van der Waals surface area contributed by atoms with Gasteiger partial charge < -0.3 is 15.2 Å². The third-order valence-corrected chi connectivity index (χ3v) is 7.51. The first kappa shape index (κ1) is 23.1. The zero-order chi connectivity index (χ0) is 23.8. The largest absolute Gasteiger partial charge is 0.376 e. The Bertz CT molecular complexity index is 1280. The van der Waals surface area contributed by atoms with Crippen LogP contribution >= 0.6 is 0 Å². The highest BCUT2D eigenvalue weighted by atomic mass is 32.2. The van der Waals surface area contributed by atoms with Crippen LogP contribution in [0.1, 0.15) is 41.9 Å². The Morgan fingerprint density at radius 3 is 2.52 bits per heavy atom. The number of piperidine rings is 1. The van der Waals surface area contributed by atoms with E-state index in [2.05, 4.69) is 15.3 Å². The fourth-order valence-electron chi connectivity index (χ4n) is 3.89. The Labute approximate surface area is 190 Å². The second kappa shape index (κ2) is 9.06. The van der Waals surface area contributed by atoms with Gasteiger partial charge in [0.1, 0.15) is 0 Å². The number of aromatic nitrogens is 2. The van der Waals surface area contributed by atoms with E-state index in [4.69, 9.17) is 0 Å². The summed E-state index contributed by atoms with van der Waals surface area (Å²) in [7, 11) is -0.114. The molecule has 0 spiro atoms. The maximum Gasteiger partial charge on any atom is 0.295 e. The normalized spacial score (nSPS) is 15.2. The number of anilines is 2. The number of alkyl halides is 2. The van der Waals surface area contributed by atoms with Gasteiger partial charge in [0.2, 0.25) is 10.0 Å². The summed E-state index contributed by atoms with van der Waals surface area (Å²) in [4.78, 5) is 21.2. The number of carbonyl (C=O) groups is 1. The quantitative estimate of drug-likeness (QED) is 0.559. The first-order valence-electron chi connectivity index (χ1n) is 10.6. The van der Waals surface area contributed by atoms with Crippen molar-refractivity contribution in [3.8, 4) is 0 Å². The summed E-state index contributed by atoms with van der Waals surface area (Å²) in [6.45, 7) is 0.953. The molecule has 4 rings (SSSR count). The molecule has 33 heavy (non-hydrogen) atoms. The summed E-state index contributed by atoms with van der Waals surface area (Å²) < 4.78 is 53.5. The molecule has 2 heterocycles. The number of halogens is 2. The lowest BCUT2D eigenvalue weighted by atomic mass is 10.1. The number of aromatic amines is 1. The maximum atomic E-state index is 13.1. The molecule has 1 aliphatic rings. The summed E-state index contributed by atoms with van der Waals surface area (Å²) in [5.74, 6) is -0.964. The Morgan fingerprint density at radius 1 is 1.12 bits per heavy atom. The van der Waals surface area contributed by atoms with Gasteiger partial charge in [-0.3, -0.25) is 4.79 Å². The van der Waals surface area contributed by atoms with Gasteiger partial charge >= 0.3 is 0 Å². The van der Waals surface area contributed by atoms with E-state index in [1.165, 1.54) is 34.6 Å². The summed E-state index contributed by atoms with van der Waals surface area (Å²) in [5, 5.41) is 2.77. The number of imidazole rings is 1. The van der Waals surface area contributed by atoms with Gasteiger partial charge in [0.05, 0.1) is 27.3 Å². The van der Waals surface area contributed by atoms with Gasteiger partial charge in [0.15, 0.2) is 5.82 Å². The van der Waals surface area contributed by atoms with Crippen molar-refractivity contribution in [2.45, 2.75) is 30.6 Å². The molecule has 0 atom stereocenters. The minimum absolute atomic E-state index is 0.107. The van der Waals surface area contributed by atoms with Crippen LogP contribution in [0.15, 0.2) is 41.3 Å². The van der Waals surface area contributed by atoms with E-state index in [0.717, 1.165) is 19.3 Å². The van der Waals surface area contributed by atoms with Crippen LogP contribution in [0.5, 0.6) is 0 Å². The van der Waals surface area contributed by atoms with Crippen LogP contribution in [-0.4, -0.2) is 55.8 Å². The second-order valence-corrected chi connectivity index (χ2v) is 10.1. The van der Waals surface area contributed by atoms with E-state index in [1.807, 2.05) is 0 Å². The Balaban J connectivity index is 1.65. The van der Waals surface area contributed by atoms with Gasteiger partial charge in [0, 0.05) is 32.7 Å². The number of carbonyl (C=O) groups excluding carboxylic acids is 1. The van der Waals surface area contributed by atoms with Crippen LogP contribution in [0, 0.1) is 0 Å². The summed E-state index contributed by atoms with van der Waals surface area (Å²) in [6, 6.07) is 9.05. The molecule has 3 aromatic rings. The Morgan fingerprint density at radius 2 is 1.85 bits per heavy atom. The number of fused-ring (bicyclic) bond motifs is 1.